The zero-order valence-corrected chi connectivity index (χ0v) is 13.3. The Morgan fingerprint density at radius 1 is 1.17 bits per heavy atom. The van der Waals surface area contributed by atoms with Crippen LogP contribution in [0, 0.1) is 17.5 Å². The quantitative estimate of drug-likeness (QED) is 0.870. The van der Waals surface area contributed by atoms with Gasteiger partial charge in [-0.15, -0.1) is 0 Å². The van der Waals surface area contributed by atoms with Crippen LogP contribution in [0.15, 0.2) is 24.7 Å². The van der Waals surface area contributed by atoms with Gasteiger partial charge in [-0.2, -0.15) is 0 Å². The van der Waals surface area contributed by atoms with Crippen molar-refractivity contribution in [1.82, 2.24) is 14.9 Å². The van der Waals surface area contributed by atoms with Crippen LogP contribution in [0.1, 0.15) is 5.56 Å². The minimum atomic E-state index is -1.54. The molecule has 0 aliphatic rings. The second kappa shape index (κ2) is 7.16. The molecule has 1 N–H and O–H groups in total. The van der Waals surface area contributed by atoms with Crippen LogP contribution in [0.4, 0.5) is 29.5 Å². The Morgan fingerprint density at radius 2 is 1.79 bits per heavy atom. The number of carbonyl (C=O) groups is 1. The molecule has 1 heterocycles. The summed E-state index contributed by atoms with van der Waals surface area (Å²) in [6.45, 7) is -0.106. The molecule has 9 heteroatoms. The molecule has 128 valence electrons. The summed E-state index contributed by atoms with van der Waals surface area (Å²) in [5, 5.41) is 2.61. The van der Waals surface area contributed by atoms with Gasteiger partial charge in [-0.05, 0) is 17.7 Å². The molecule has 6 nitrogen and oxygen atoms in total. The Hall–Kier alpha value is -2.84. The molecule has 2 rings (SSSR count). The van der Waals surface area contributed by atoms with Gasteiger partial charge < -0.3 is 15.1 Å². The third-order valence-electron chi connectivity index (χ3n) is 3.17. The van der Waals surface area contributed by atoms with Gasteiger partial charge in [0.1, 0.15) is 12.0 Å². The molecule has 0 aliphatic carbocycles. The molecule has 0 bridgehead atoms. The predicted octanol–water partition coefficient (Wildman–Crippen LogP) is 2.62. The first-order chi connectivity index (χ1) is 11.3. The molecule has 0 unspecified atom stereocenters. The molecule has 0 saturated carbocycles. The van der Waals surface area contributed by atoms with Crippen LogP contribution in [0.5, 0.6) is 0 Å². The molecule has 0 aliphatic heterocycles. The van der Waals surface area contributed by atoms with Crippen LogP contribution in [0.25, 0.3) is 0 Å². The lowest BCUT2D eigenvalue weighted by atomic mass is 10.2. The van der Waals surface area contributed by atoms with Crippen molar-refractivity contribution in [3.05, 3.63) is 47.7 Å². The predicted molar refractivity (Wildman–Crippen MR) is 83.2 cm³/mol. The van der Waals surface area contributed by atoms with Crippen molar-refractivity contribution in [1.29, 1.82) is 0 Å². The van der Waals surface area contributed by atoms with Gasteiger partial charge in [0, 0.05) is 27.7 Å². The highest BCUT2D eigenvalue weighted by Crippen LogP contribution is 2.20. The summed E-state index contributed by atoms with van der Waals surface area (Å²) in [7, 11) is 4.95. The fourth-order valence-corrected chi connectivity index (χ4v) is 2.02. The lowest BCUT2D eigenvalue weighted by Gasteiger charge is -2.20. The monoisotopic (exact) mass is 339 g/mol. The highest BCUT2D eigenvalue weighted by molar-refractivity contribution is 5.91. The average molecular weight is 339 g/mol. The zero-order chi connectivity index (χ0) is 17.9. The average Bonchev–Trinajstić information content (AvgIpc) is 2.52. The topological polar surface area (TPSA) is 61.4 Å². The third-order valence-corrected chi connectivity index (χ3v) is 3.17. The van der Waals surface area contributed by atoms with Gasteiger partial charge in [-0.25, -0.2) is 27.9 Å². The SMILES string of the molecule is CN(Cc1cc(F)c(F)c(F)c1)C(=O)Nc1cncnc1N(C)C. The summed E-state index contributed by atoms with van der Waals surface area (Å²) >= 11 is 0. The maximum atomic E-state index is 13.2. The Kier molecular flexibility index (Phi) is 5.22. The summed E-state index contributed by atoms with van der Waals surface area (Å²) in [5.74, 6) is -3.64. The van der Waals surface area contributed by atoms with Crippen molar-refractivity contribution in [2.45, 2.75) is 6.54 Å². The maximum absolute atomic E-state index is 13.2. The summed E-state index contributed by atoms with van der Waals surface area (Å²) < 4.78 is 39.4. The highest BCUT2D eigenvalue weighted by atomic mass is 19.2. The summed E-state index contributed by atoms with van der Waals surface area (Å²) in [4.78, 5) is 23.0. The second-order valence-electron chi connectivity index (χ2n) is 5.31. The number of hydrogen-bond acceptors (Lipinski definition) is 4. The largest absolute Gasteiger partial charge is 0.361 e. The van der Waals surface area contributed by atoms with Crippen LogP contribution in [0.3, 0.4) is 0 Å². The smallest absolute Gasteiger partial charge is 0.322 e. The highest BCUT2D eigenvalue weighted by Gasteiger charge is 2.16. The zero-order valence-electron chi connectivity index (χ0n) is 13.3. The van der Waals surface area contributed by atoms with Crippen molar-refractivity contribution in [3.8, 4) is 0 Å². The van der Waals surface area contributed by atoms with Gasteiger partial charge in [0.2, 0.25) is 0 Å². The van der Waals surface area contributed by atoms with Gasteiger partial charge in [0.25, 0.3) is 0 Å². The molecule has 2 aromatic rings. The molecule has 0 spiro atoms. The van der Waals surface area contributed by atoms with Gasteiger partial charge in [-0.3, -0.25) is 0 Å². The van der Waals surface area contributed by atoms with Crippen molar-refractivity contribution in [3.63, 3.8) is 0 Å². The third kappa shape index (κ3) is 3.92. The number of aromatic nitrogens is 2. The maximum Gasteiger partial charge on any atom is 0.322 e. The minimum Gasteiger partial charge on any atom is -0.361 e. The van der Waals surface area contributed by atoms with E-state index in [0.29, 0.717) is 11.5 Å². The Morgan fingerprint density at radius 3 is 2.38 bits per heavy atom. The molecule has 1 aromatic heterocycles. The summed E-state index contributed by atoms with van der Waals surface area (Å²) in [6, 6.07) is 1.16. The van der Waals surface area contributed by atoms with E-state index in [4.69, 9.17) is 0 Å². The van der Waals surface area contributed by atoms with Gasteiger partial charge in [0.05, 0.1) is 6.20 Å². The van der Waals surface area contributed by atoms with E-state index in [-0.39, 0.29) is 12.1 Å². The molecular weight excluding hydrogens is 323 g/mol. The van der Waals surface area contributed by atoms with Crippen molar-refractivity contribution < 1.29 is 18.0 Å². The molecular formula is C15H16F3N5O. The van der Waals surface area contributed by atoms with Crippen molar-refractivity contribution in [2.24, 2.45) is 0 Å². The number of halogens is 3. The van der Waals surface area contributed by atoms with Crippen LogP contribution < -0.4 is 10.2 Å². The standard InChI is InChI=1S/C15H16F3N5O/c1-22(2)14-12(6-19-8-20-14)21-15(24)23(3)7-9-4-10(16)13(18)11(17)5-9/h4-6,8H,7H2,1-3H3,(H,21,24). The number of nitrogens with zero attached hydrogens (tertiary/aromatic N) is 4. The summed E-state index contributed by atoms with van der Waals surface area (Å²) in [5.41, 5.74) is 0.511. The van der Waals surface area contributed by atoms with Crippen LogP contribution >= 0.6 is 0 Å². The van der Waals surface area contributed by atoms with E-state index < -0.39 is 23.5 Å². The van der Waals surface area contributed by atoms with Crippen LogP contribution in [-0.2, 0) is 6.54 Å². The molecule has 24 heavy (non-hydrogen) atoms. The van der Waals surface area contributed by atoms with Crippen LogP contribution in [-0.4, -0.2) is 42.0 Å². The number of rotatable bonds is 4. The first kappa shape index (κ1) is 17.5. The van der Waals surface area contributed by atoms with Crippen molar-refractivity contribution >= 4 is 17.5 Å². The normalized spacial score (nSPS) is 10.4. The lowest BCUT2D eigenvalue weighted by molar-refractivity contribution is 0.220. The number of carbonyl (C=O) groups excluding carboxylic acids is 1. The number of anilines is 2. The molecule has 0 saturated heterocycles. The van der Waals surface area contributed by atoms with E-state index in [1.54, 1.807) is 19.0 Å². The van der Waals surface area contributed by atoms with Crippen molar-refractivity contribution in [2.75, 3.05) is 31.4 Å². The first-order valence-electron chi connectivity index (χ1n) is 6.92. The van der Waals surface area contributed by atoms with Gasteiger partial charge in [0.15, 0.2) is 23.3 Å². The van der Waals surface area contributed by atoms with E-state index >= 15 is 0 Å². The molecule has 1 aromatic carbocycles. The van der Waals surface area contributed by atoms with Crippen LogP contribution in [0.2, 0.25) is 0 Å². The Balaban J connectivity index is 2.11. The summed E-state index contributed by atoms with van der Waals surface area (Å²) in [6.07, 6.45) is 2.78. The molecule has 2 amide bonds. The minimum absolute atomic E-state index is 0.106. The lowest BCUT2D eigenvalue weighted by Crippen LogP contribution is -2.31. The number of benzene rings is 1. The van der Waals surface area contributed by atoms with E-state index in [0.717, 1.165) is 12.1 Å². The number of amides is 2. The second-order valence-corrected chi connectivity index (χ2v) is 5.31. The number of urea groups is 1. The van der Waals surface area contributed by atoms with E-state index in [1.807, 2.05) is 0 Å². The fourth-order valence-electron chi connectivity index (χ4n) is 2.02. The molecule has 0 radical (unpaired) electrons. The number of hydrogen-bond donors (Lipinski definition) is 1. The molecule has 0 fully saturated rings. The van der Waals surface area contributed by atoms with E-state index in [1.165, 1.54) is 24.5 Å². The molecule has 0 atom stereocenters. The van der Waals surface area contributed by atoms with Gasteiger partial charge >= 0.3 is 6.03 Å². The first-order valence-corrected chi connectivity index (χ1v) is 6.92. The Bertz CT molecular complexity index is 731. The number of nitrogens with one attached hydrogen (secondary N) is 1. The van der Waals surface area contributed by atoms with E-state index in [9.17, 15) is 18.0 Å². The fraction of sp³-hybridized carbons (Fsp3) is 0.267. The Labute approximate surface area is 136 Å². The van der Waals surface area contributed by atoms with Gasteiger partial charge in [-0.1, -0.05) is 0 Å². The van der Waals surface area contributed by atoms with E-state index in [2.05, 4.69) is 15.3 Å².